The molecule has 2 heterocycles. The van der Waals surface area contributed by atoms with Gasteiger partial charge in [-0.1, -0.05) is 49.4 Å². The van der Waals surface area contributed by atoms with Crippen molar-refractivity contribution in [1.82, 2.24) is 9.80 Å². The molecule has 1 aromatic heterocycles. The average Bonchev–Trinajstić information content (AvgIpc) is 3.40. The molecule has 1 N–H and O–H groups in total. The van der Waals surface area contributed by atoms with E-state index in [1.165, 1.54) is 29.0 Å². The summed E-state index contributed by atoms with van der Waals surface area (Å²) in [7, 11) is 0. The van der Waals surface area contributed by atoms with Gasteiger partial charge in [0.05, 0.1) is 12.7 Å². The zero-order chi connectivity index (χ0) is 27.4. The Balaban J connectivity index is 1.14. The summed E-state index contributed by atoms with van der Waals surface area (Å²) in [5, 5.41) is 14.5. The van der Waals surface area contributed by atoms with E-state index in [4.69, 9.17) is 4.74 Å². The van der Waals surface area contributed by atoms with Crippen LogP contribution in [0, 0.1) is 17.6 Å². The Morgan fingerprint density at radius 2 is 1.44 bits per heavy atom. The van der Waals surface area contributed by atoms with Crippen LogP contribution in [0.25, 0.3) is 10.1 Å². The van der Waals surface area contributed by atoms with E-state index in [1.807, 2.05) is 12.1 Å². The van der Waals surface area contributed by atoms with E-state index in [9.17, 15) is 13.9 Å². The van der Waals surface area contributed by atoms with E-state index in [2.05, 4.69) is 41.2 Å². The molecule has 1 aliphatic heterocycles. The highest BCUT2D eigenvalue weighted by molar-refractivity contribution is 7.17. The number of thiophene rings is 1. The van der Waals surface area contributed by atoms with Crippen LogP contribution in [0.3, 0.4) is 0 Å². The van der Waals surface area contributed by atoms with Crippen LogP contribution < -0.4 is 0 Å². The minimum atomic E-state index is -0.502. The van der Waals surface area contributed by atoms with Gasteiger partial charge in [-0.2, -0.15) is 0 Å². The van der Waals surface area contributed by atoms with E-state index < -0.39 is 6.10 Å². The van der Waals surface area contributed by atoms with Crippen molar-refractivity contribution in [2.75, 3.05) is 39.3 Å². The fourth-order valence-corrected chi connectivity index (χ4v) is 6.45. The first-order valence-corrected chi connectivity index (χ1v) is 14.5. The number of fused-ring (bicyclic) bond motifs is 1. The van der Waals surface area contributed by atoms with Crippen molar-refractivity contribution < 1.29 is 18.6 Å². The molecular formula is C32H36F2N2O2S. The van der Waals surface area contributed by atoms with Crippen LogP contribution in [0.1, 0.15) is 42.7 Å². The first-order valence-electron chi connectivity index (χ1n) is 13.6. The molecule has 0 saturated carbocycles. The SMILES string of the molecule is CC(C(O)c1csc2ccccc12)C(C)N1CCN(CCOC(c2ccc(F)cc2)c2ccc(F)cc2)CC1. The zero-order valence-corrected chi connectivity index (χ0v) is 23.3. The summed E-state index contributed by atoms with van der Waals surface area (Å²) in [5.41, 5.74) is 2.71. The van der Waals surface area contributed by atoms with Crippen LogP contribution >= 0.6 is 11.3 Å². The summed E-state index contributed by atoms with van der Waals surface area (Å²) in [6, 6.07) is 21.1. The Hall–Kier alpha value is -2.68. The third kappa shape index (κ3) is 6.56. The molecule has 206 valence electrons. The summed E-state index contributed by atoms with van der Waals surface area (Å²) >= 11 is 1.69. The topological polar surface area (TPSA) is 35.9 Å². The molecule has 3 unspecified atom stereocenters. The van der Waals surface area contributed by atoms with E-state index >= 15 is 0 Å². The van der Waals surface area contributed by atoms with Crippen LogP contribution in [-0.4, -0.2) is 60.3 Å². The molecule has 1 fully saturated rings. The molecule has 1 saturated heterocycles. The van der Waals surface area contributed by atoms with Crippen LogP contribution in [0.4, 0.5) is 8.78 Å². The van der Waals surface area contributed by atoms with Crippen molar-refractivity contribution in [3.8, 4) is 0 Å². The molecule has 0 aliphatic carbocycles. The lowest BCUT2D eigenvalue weighted by molar-refractivity contribution is 0.0134. The number of halogens is 2. The van der Waals surface area contributed by atoms with Crippen molar-refractivity contribution in [2.24, 2.45) is 5.92 Å². The first-order chi connectivity index (χ1) is 18.9. The maximum Gasteiger partial charge on any atom is 0.123 e. The van der Waals surface area contributed by atoms with Crippen molar-refractivity contribution in [3.63, 3.8) is 0 Å². The fourth-order valence-electron chi connectivity index (χ4n) is 5.46. The van der Waals surface area contributed by atoms with Gasteiger partial charge in [-0.25, -0.2) is 8.78 Å². The van der Waals surface area contributed by atoms with Gasteiger partial charge >= 0.3 is 0 Å². The summed E-state index contributed by atoms with van der Waals surface area (Å²) in [4.78, 5) is 4.86. The van der Waals surface area contributed by atoms with Gasteiger partial charge in [0.1, 0.15) is 17.7 Å². The van der Waals surface area contributed by atoms with Gasteiger partial charge in [-0.3, -0.25) is 9.80 Å². The van der Waals surface area contributed by atoms with Crippen LogP contribution in [0.2, 0.25) is 0 Å². The Morgan fingerprint density at radius 1 is 0.846 bits per heavy atom. The molecule has 4 nitrogen and oxygen atoms in total. The summed E-state index contributed by atoms with van der Waals surface area (Å²) in [5.74, 6) is -0.492. The third-order valence-electron chi connectivity index (χ3n) is 8.11. The molecular weight excluding hydrogens is 514 g/mol. The van der Waals surface area contributed by atoms with Gasteiger partial charge in [0.2, 0.25) is 0 Å². The zero-order valence-electron chi connectivity index (χ0n) is 22.5. The lowest BCUT2D eigenvalue weighted by Gasteiger charge is -2.41. The fraction of sp³-hybridized carbons (Fsp3) is 0.375. The van der Waals surface area contributed by atoms with E-state index in [1.54, 1.807) is 35.6 Å². The highest BCUT2D eigenvalue weighted by Crippen LogP contribution is 2.35. The van der Waals surface area contributed by atoms with Crippen molar-refractivity contribution in [2.45, 2.75) is 32.1 Å². The average molecular weight is 551 g/mol. The molecule has 0 bridgehead atoms. The molecule has 39 heavy (non-hydrogen) atoms. The Labute approximate surface area is 233 Å². The number of benzene rings is 3. The Kier molecular flexibility index (Phi) is 9.05. The number of nitrogens with zero attached hydrogens (tertiary/aromatic N) is 2. The van der Waals surface area contributed by atoms with Crippen LogP contribution in [0.5, 0.6) is 0 Å². The maximum atomic E-state index is 13.5. The maximum absolute atomic E-state index is 13.5. The third-order valence-corrected chi connectivity index (χ3v) is 9.09. The van der Waals surface area contributed by atoms with Crippen LogP contribution in [0.15, 0.2) is 78.2 Å². The van der Waals surface area contributed by atoms with E-state index in [0.717, 1.165) is 54.8 Å². The van der Waals surface area contributed by atoms with Gasteiger partial charge in [-0.05, 0) is 64.7 Å². The van der Waals surface area contributed by atoms with E-state index in [-0.39, 0.29) is 29.7 Å². The molecule has 4 aromatic rings. The van der Waals surface area contributed by atoms with Gasteiger partial charge < -0.3 is 9.84 Å². The number of ether oxygens (including phenoxy) is 1. The normalized spacial score (nSPS) is 17.5. The molecule has 0 radical (unpaired) electrons. The van der Waals surface area contributed by atoms with Crippen LogP contribution in [-0.2, 0) is 4.74 Å². The standard InChI is InChI=1S/C32H36F2N2O2S/c1-22(31(37)29-21-39-30-6-4-3-5-28(29)30)23(2)36-17-15-35(16-18-36)19-20-38-32(24-7-11-26(33)12-8-24)25-9-13-27(34)14-10-25/h3-14,21-23,31-32,37H,15-20H2,1-2H3. The van der Waals surface area contributed by atoms with Gasteiger partial charge in [0, 0.05) is 49.4 Å². The monoisotopic (exact) mass is 550 g/mol. The Bertz CT molecular complexity index is 1290. The number of rotatable bonds is 10. The van der Waals surface area contributed by atoms with Gasteiger partial charge in [0.15, 0.2) is 0 Å². The molecule has 3 aromatic carbocycles. The van der Waals surface area contributed by atoms with Crippen molar-refractivity contribution in [3.05, 3.63) is 107 Å². The number of hydrogen-bond donors (Lipinski definition) is 1. The second-order valence-corrected chi connectivity index (χ2v) is 11.4. The lowest BCUT2D eigenvalue weighted by Crippen LogP contribution is -2.52. The number of piperazine rings is 1. The smallest absolute Gasteiger partial charge is 0.123 e. The molecule has 1 aliphatic rings. The molecule has 7 heteroatoms. The van der Waals surface area contributed by atoms with E-state index in [0.29, 0.717) is 6.61 Å². The predicted octanol–water partition coefficient (Wildman–Crippen LogP) is 6.66. The highest BCUT2D eigenvalue weighted by Gasteiger charge is 2.30. The summed E-state index contributed by atoms with van der Waals surface area (Å²) in [6.07, 6.45) is -0.888. The molecule has 0 spiro atoms. The predicted molar refractivity (Wildman–Crippen MR) is 154 cm³/mol. The van der Waals surface area contributed by atoms with Crippen molar-refractivity contribution in [1.29, 1.82) is 0 Å². The first kappa shape index (κ1) is 27.9. The molecule has 0 amide bonds. The van der Waals surface area contributed by atoms with Gasteiger partial charge in [0.25, 0.3) is 0 Å². The number of aliphatic hydroxyl groups excluding tert-OH is 1. The lowest BCUT2D eigenvalue weighted by atomic mass is 9.90. The summed E-state index contributed by atoms with van der Waals surface area (Å²) < 4.78 is 34.5. The van der Waals surface area contributed by atoms with Gasteiger partial charge in [-0.15, -0.1) is 11.3 Å². The quantitative estimate of drug-likeness (QED) is 0.240. The minimum Gasteiger partial charge on any atom is -0.388 e. The second-order valence-electron chi connectivity index (χ2n) is 10.5. The second kappa shape index (κ2) is 12.7. The van der Waals surface area contributed by atoms with Crippen molar-refractivity contribution >= 4 is 21.4 Å². The molecule has 3 atom stereocenters. The minimum absolute atomic E-state index is 0.102. The molecule has 5 rings (SSSR count). The Morgan fingerprint density at radius 3 is 2.05 bits per heavy atom. The summed E-state index contributed by atoms with van der Waals surface area (Å²) in [6.45, 7) is 9.37. The number of aliphatic hydroxyl groups is 1. The number of hydrogen-bond acceptors (Lipinski definition) is 5. The largest absolute Gasteiger partial charge is 0.388 e. The highest BCUT2D eigenvalue weighted by atomic mass is 32.1.